The number of likely N-dealkylation sites (tertiary alicyclic amines) is 1. The third-order valence-corrected chi connectivity index (χ3v) is 9.25. The lowest BCUT2D eigenvalue weighted by Crippen LogP contribution is -2.34. The monoisotopic (exact) mass is 600 g/mol. The van der Waals surface area contributed by atoms with Crippen LogP contribution in [-0.2, 0) is 9.53 Å². The quantitative estimate of drug-likeness (QED) is 0.170. The standard InChI is InChI=1S/C35H50F2N2O4/c1-24(2)27(10-11-28-8-6-17-38-25(28)3)7-4-5-9-32(37)29-14-18-39(22-29)34(35(40)41)31-21-30(36)12-13-33(31)43-23-26-15-19-42-20-16-26/h10-13,21,26,29,32,34,38H,4-9,14-20,22-23H2,1-3H3,(H,40,41)/b11-10-/t29-,32?,34?/m1/s1. The molecule has 8 heteroatoms. The van der Waals surface area contributed by atoms with Crippen molar-refractivity contribution in [2.75, 3.05) is 39.5 Å². The van der Waals surface area contributed by atoms with Gasteiger partial charge in [-0.15, -0.1) is 0 Å². The summed E-state index contributed by atoms with van der Waals surface area (Å²) < 4.78 is 41.2. The summed E-state index contributed by atoms with van der Waals surface area (Å²) in [6.45, 7) is 10.0. The van der Waals surface area contributed by atoms with Crippen LogP contribution in [0.4, 0.5) is 8.78 Å². The SMILES string of the molecule is CC(C)=C(/C=C\C1=C(C)NCCC1)CCCCC(F)[C@@H]1CCN(C(C(=O)O)c2cc(F)ccc2OCC2CCOCC2)C1. The molecule has 2 saturated heterocycles. The van der Waals surface area contributed by atoms with Gasteiger partial charge in [0.1, 0.15) is 23.8 Å². The van der Waals surface area contributed by atoms with Gasteiger partial charge in [-0.3, -0.25) is 9.69 Å². The molecule has 43 heavy (non-hydrogen) atoms. The maximum absolute atomic E-state index is 15.4. The number of nitrogens with one attached hydrogen (secondary N) is 1. The number of allylic oxidation sites excluding steroid dienone is 6. The first-order chi connectivity index (χ1) is 20.7. The Kier molecular flexibility index (Phi) is 12.6. The van der Waals surface area contributed by atoms with Crippen LogP contribution >= 0.6 is 0 Å². The van der Waals surface area contributed by atoms with Crippen molar-refractivity contribution in [2.24, 2.45) is 11.8 Å². The molecule has 0 radical (unpaired) electrons. The van der Waals surface area contributed by atoms with Gasteiger partial charge in [-0.2, -0.15) is 0 Å². The minimum absolute atomic E-state index is 0.237. The van der Waals surface area contributed by atoms with Gasteiger partial charge in [0.15, 0.2) is 0 Å². The molecule has 3 atom stereocenters. The van der Waals surface area contributed by atoms with Crippen LogP contribution in [0.1, 0.15) is 90.2 Å². The first-order valence-corrected chi connectivity index (χ1v) is 16.1. The van der Waals surface area contributed by atoms with Crippen molar-refractivity contribution >= 4 is 5.97 Å². The number of carboxylic acids is 1. The Balaban J connectivity index is 1.30. The maximum atomic E-state index is 15.4. The Morgan fingerprint density at radius 3 is 2.74 bits per heavy atom. The fourth-order valence-electron chi connectivity index (χ4n) is 6.47. The number of benzene rings is 1. The molecule has 3 aliphatic rings. The van der Waals surface area contributed by atoms with Gasteiger partial charge < -0.3 is 19.9 Å². The predicted molar refractivity (Wildman–Crippen MR) is 166 cm³/mol. The van der Waals surface area contributed by atoms with Crippen LogP contribution in [0.5, 0.6) is 5.75 Å². The Morgan fingerprint density at radius 2 is 2.02 bits per heavy atom. The van der Waals surface area contributed by atoms with Gasteiger partial charge in [0.25, 0.3) is 0 Å². The summed E-state index contributed by atoms with van der Waals surface area (Å²) in [4.78, 5) is 14.3. The number of rotatable bonds is 14. The van der Waals surface area contributed by atoms with Gasteiger partial charge in [-0.05, 0) is 114 Å². The Hall–Kier alpha value is -2.71. The zero-order chi connectivity index (χ0) is 30.8. The number of hydrogen-bond donors (Lipinski definition) is 2. The molecule has 3 heterocycles. The highest BCUT2D eigenvalue weighted by atomic mass is 19.1. The zero-order valence-electron chi connectivity index (χ0n) is 26.2. The molecule has 2 fully saturated rings. The van der Waals surface area contributed by atoms with Crippen molar-refractivity contribution in [3.8, 4) is 5.75 Å². The van der Waals surface area contributed by atoms with Crippen molar-refractivity contribution in [2.45, 2.75) is 90.8 Å². The summed E-state index contributed by atoms with van der Waals surface area (Å²) in [6.07, 6.45) is 11.1. The van der Waals surface area contributed by atoms with Crippen LogP contribution in [0.3, 0.4) is 0 Å². The van der Waals surface area contributed by atoms with Gasteiger partial charge >= 0.3 is 5.97 Å². The molecular weight excluding hydrogens is 550 g/mol. The van der Waals surface area contributed by atoms with E-state index in [0.717, 1.165) is 51.5 Å². The minimum atomic E-state index is -1.08. The normalized spacial score (nSPS) is 21.6. The summed E-state index contributed by atoms with van der Waals surface area (Å²) in [6, 6.07) is 3.00. The van der Waals surface area contributed by atoms with Crippen molar-refractivity contribution in [1.29, 1.82) is 0 Å². The van der Waals surface area contributed by atoms with Crippen LogP contribution in [-0.4, -0.2) is 61.6 Å². The molecule has 2 unspecified atom stereocenters. The molecule has 0 saturated carbocycles. The van der Waals surface area contributed by atoms with Gasteiger partial charge in [-0.25, -0.2) is 8.78 Å². The molecule has 0 bridgehead atoms. The van der Waals surface area contributed by atoms with Crippen molar-refractivity contribution in [3.05, 3.63) is 64.1 Å². The highest BCUT2D eigenvalue weighted by molar-refractivity contribution is 5.76. The van der Waals surface area contributed by atoms with E-state index in [-0.39, 0.29) is 5.92 Å². The number of hydrogen-bond acceptors (Lipinski definition) is 5. The van der Waals surface area contributed by atoms with E-state index in [1.165, 1.54) is 40.6 Å². The summed E-state index contributed by atoms with van der Waals surface area (Å²) in [5, 5.41) is 13.6. The van der Waals surface area contributed by atoms with Crippen molar-refractivity contribution < 1.29 is 28.2 Å². The van der Waals surface area contributed by atoms with Crippen LogP contribution in [0.2, 0.25) is 0 Å². The van der Waals surface area contributed by atoms with Crippen molar-refractivity contribution in [3.63, 3.8) is 0 Å². The fraction of sp³-hybridized carbons (Fsp3) is 0.629. The smallest absolute Gasteiger partial charge is 0.325 e. The lowest BCUT2D eigenvalue weighted by molar-refractivity contribution is -0.143. The predicted octanol–water partition coefficient (Wildman–Crippen LogP) is 7.53. The minimum Gasteiger partial charge on any atom is -0.493 e. The molecule has 2 N–H and O–H groups in total. The topological polar surface area (TPSA) is 71.0 Å². The molecule has 0 aliphatic carbocycles. The number of ether oxygens (including phenoxy) is 2. The molecule has 4 rings (SSSR count). The molecule has 0 amide bonds. The van der Waals surface area contributed by atoms with Crippen LogP contribution in [0, 0.1) is 17.7 Å². The summed E-state index contributed by atoms with van der Waals surface area (Å²) in [7, 11) is 0. The highest BCUT2D eigenvalue weighted by Gasteiger charge is 2.38. The van der Waals surface area contributed by atoms with Gasteiger partial charge in [-0.1, -0.05) is 24.1 Å². The first kappa shape index (κ1) is 33.2. The van der Waals surface area contributed by atoms with E-state index in [9.17, 15) is 14.3 Å². The highest BCUT2D eigenvalue weighted by Crippen LogP contribution is 2.36. The molecule has 0 aromatic heterocycles. The molecule has 1 aromatic rings. The number of carboxylic acid groups (broad SMARTS) is 1. The van der Waals surface area contributed by atoms with E-state index in [1.807, 2.05) is 0 Å². The van der Waals surface area contributed by atoms with Gasteiger partial charge in [0, 0.05) is 43.5 Å². The Bertz CT molecular complexity index is 1170. The average Bonchev–Trinajstić information content (AvgIpc) is 3.47. The van der Waals surface area contributed by atoms with E-state index in [4.69, 9.17) is 9.47 Å². The van der Waals surface area contributed by atoms with Crippen LogP contribution in [0.25, 0.3) is 0 Å². The first-order valence-electron chi connectivity index (χ1n) is 16.1. The second-order valence-electron chi connectivity index (χ2n) is 12.6. The van der Waals surface area contributed by atoms with E-state index in [2.05, 4.69) is 38.2 Å². The number of alkyl halides is 1. The summed E-state index contributed by atoms with van der Waals surface area (Å²) in [5.74, 6) is -1.12. The fourth-order valence-corrected chi connectivity index (χ4v) is 6.47. The molecular formula is C35H50F2N2O4. The third kappa shape index (κ3) is 9.64. The molecule has 0 spiro atoms. The lowest BCUT2D eigenvalue weighted by atomic mass is 9.95. The van der Waals surface area contributed by atoms with E-state index in [1.54, 1.807) is 4.90 Å². The largest absolute Gasteiger partial charge is 0.493 e. The average molecular weight is 601 g/mol. The molecule has 6 nitrogen and oxygen atoms in total. The maximum Gasteiger partial charge on any atom is 0.325 e. The van der Waals surface area contributed by atoms with Gasteiger partial charge in [0.05, 0.1) is 6.61 Å². The van der Waals surface area contributed by atoms with Gasteiger partial charge in [0.2, 0.25) is 0 Å². The van der Waals surface area contributed by atoms with E-state index >= 15 is 4.39 Å². The Labute approximate surface area is 256 Å². The number of aliphatic carboxylic acids is 1. The van der Waals surface area contributed by atoms with Crippen LogP contribution < -0.4 is 10.1 Å². The molecule has 3 aliphatic heterocycles. The summed E-state index contributed by atoms with van der Waals surface area (Å²) >= 11 is 0. The van der Waals surface area contributed by atoms with Crippen molar-refractivity contribution in [1.82, 2.24) is 10.2 Å². The number of unbranched alkanes of at least 4 members (excludes halogenated alkanes) is 1. The molecule has 1 aromatic carbocycles. The van der Waals surface area contributed by atoms with Crippen LogP contribution in [0.15, 0.2) is 52.8 Å². The zero-order valence-corrected chi connectivity index (χ0v) is 26.2. The number of nitrogens with zero attached hydrogens (tertiary/aromatic N) is 1. The number of halogens is 2. The Morgan fingerprint density at radius 1 is 1.23 bits per heavy atom. The third-order valence-electron chi connectivity index (χ3n) is 9.25. The molecule has 238 valence electrons. The lowest BCUT2D eigenvalue weighted by Gasteiger charge is -2.28. The second kappa shape index (κ2) is 16.4. The second-order valence-corrected chi connectivity index (χ2v) is 12.6. The van der Waals surface area contributed by atoms with E-state index < -0.39 is 24.0 Å². The van der Waals surface area contributed by atoms with E-state index in [0.29, 0.717) is 63.0 Å². The number of carbonyl (C=O) groups is 1. The summed E-state index contributed by atoms with van der Waals surface area (Å²) in [5.41, 5.74) is 5.50.